The maximum atomic E-state index is 14.5. The largest absolute Gasteiger partial charge is 0.381 e. The summed E-state index contributed by atoms with van der Waals surface area (Å²) in [6.45, 7) is 7.72. The van der Waals surface area contributed by atoms with Crippen molar-refractivity contribution in [1.29, 1.82) is 0 Å². The lowest BCUT2D eigenvalue weighted by Crippen LogP contribution is -2.43. The van der Waals surface area contributed by atoms with Crippen LogP contribution in [-0.4, -0.2) is 49.8 Å². The van der Waals surface area contributed by atoms with Crippen molar-refractivity contribution in [3.05, 3.63) is 69.9 Å². The molecule has 3 atom stereocenters. The Hall–Kier alpha value is -3.52. The first kappa shape index (κ1) is 24.8. The van der Waals surface area contributed by atoms with Gasteiger partial charge < -0.3 is 14.6 Å². The van der Waals surface area contributed by atoms with Crippen LogP contribution in [0.25, 0.3) is 21.8 Å². The molecule has 6 rings (SSSR count). The van der Waals surface area contributed by atoms with E-state index in [1.807, 2.05) is 36.0 Å². The number of fused-ring (bicyclic) bond motifs is 3. The number of aromatic amines is 1. The Morgan fingerprint density at radius 1 is 1.08 bits per heavy atom. The van der Waals surface area contributed by atoms with Crippen LogP contribution in [-0.2, 0) is 4.74 Å². The van der Waals surface area contributed by atoms with Gasteiger partial charge >= 0.3 is 0 Å². The number of pyridine rings is 2. The molecule has 4 aromatic rings. The van der Waals surface area contributed by atoms with E-state index in [0.717, 1.165) is 59.7 Å². The van der Waals surface area contributed by atoms with Crippen LogP contribution in [0.15, 0.2) is 47.7 Å². The number of nitrogens with zero attached hydrogens (tertiary/aromatic N) is 4. The Balaban J connectivity index is 1.51. The summed E-state index contributed by atoms with van der Waals surface area (Å²) in [5.74, 6) is 0.412. The van der Waals surface area contributed by atoms with Crippen molar-refractivity contribution in [3.8, 4) is 0 Å². The number of aromatic nitrogens is 4. The molecule has 3 aromatic heterocycles. The average Bonchev–Trinajstić information content (AvgIpc) is 3.33. The third-order valence-corrected chi connectivity index (χ3v) is 8.71. The average molecular weight is 514 g/mol. The predicted molar refractivity (Wildman–Crippen MR) is 147 cm³/mol. The van der Waals surface area contributed by atoms with Gasteiger partial charge in [0.1, 0.15) is 0 Å². The molecule has 2 aliphatic heterocycles. The van der Waals surface area contributed by atoms with Gasteiger partial charge in [0.05, 0.1) is 34.7 Å². The van der Waals surface area contributed by atoms with Crippen molar-refractivity contribution in [3.63, 3.8) is 0 Å². The molecule has 0 radical (unpaired) electrons. The van der Waals surface area contributed by atoms with Gasteiger partial charge in [0, 0.05) is 42.6 Å². The maximum Gasteiger partial charge on any atom is 0.259 e. The number of amides is 1. The number of likely N-dealkylation sites (tertiary alicyclic amines) is 1. The lowest BCUT2D eigenvalue weighted by molar-refractivity contribution is 0.0543. The third-order valence-electron chi connectivity index (χ3n) is 8.71. The quantitative estimate of drug-likeness (QED) is 0.400. The molecule has 198 valence electrons. The van der Waals surface area contributed by atoms with E-state index in [2.05, 4.69) is 39.9 Å². The Kier molecular flexibility index (Phi) is 6.51. The lowest BCUT2D eigenvalue weighted by atomic mass is 9.96. The molecule has 1 amide bonds. The van der Waals surface area contributed by atoms with Crippen LogP contribution in [0, 0.1) is 12.8 Å². The summed E-state index contributed by atoms with van der Waals surface area (Å²) in [4.78, 5) is 36.9. The first-order chi connectivity index (χ1) is 18.4. The van der Waals surface area contributed by atoms with E-state index in [1.54, 1.807) is 12.4 Å². The number of carbonyl (C=O) groups excluding carboxylic acids is 1. The zero-order valence-electron chi connectivity index (χ0n) is 22.3. The number of carbonyl (C=O) groups is 1. The number of H-pyrrole nitrogens is 1. The number of hydrogen-bond donors (Lipinski definition) is 1. The highest BCUT2D eigenvalue weighted by molar-refractivity contribution is 6.07. The van der Waals surface area contributed by atoms with Crippen LogP contribution in [0.5, 0.6) is 0 Å². The summed E-state index contributed by atoms with van der Waals surface area (Å²) < 4.78 is 7.55. The minimum Gasteiger partial charge on any atom is -0.381 e. The van der Waals surface area contributed by atoms with Crippen molar-refractivity contribution in [2.75, 3.05) is 13.2 Å². The minimum absolute atomic E-state index is 0.0241. The summed E-state index contributed by atoms with van der Waals surface area (Å²) in [5.41, 5.74) is 3.96. The molecule has 1 N–H and O–H groups in total. The van der Waals surface area contributed by atoms with Crippen molar-refractivity contribution in [2.24, 2.45) is 5.92 Å². The van der Waals surface area contributed by atoms with E-state index in [-0.39, 0.29) is 29.6 Å². The van der Waals surface area contributed by atoms with Gasteiger partial charge in [-0.1, -0.05) is 19.4 Å². The number of ether oxygens (including phenoxy) is 1. The van der Waals surface area contributed by atoms with E-state index in [4.69, 9.17) is 4.74 Å². The monoisotopic (exact) mass is 513 g/mol. The Morgan fingerprint density at radius 2 is 1.89 bits per heavy atom. The van der Waals surface area contributed by atoms with E-state index in [9.17, 15) is 9.59 Å². The summed E-state index contributed by atoms with van der Waals surface area (Å²) in [6.07, 6.45) is 10.1. The highest BCUT2D eigenvalue weighted by Gasteiger charge is 2.36. The van der Waals surface area contributed by atoms with Gasteiger partial charge in [-0.2, -0.15) is 5.10 Å². The topological polar surface area (TPSA) is 93.1 Å². The van der Waals surface area contributed by atoms with Gasteiger partial charge in [0.2, 0.25) is 0 Å². The molecule has 3 unspecified atom stereocenters. The number of nitrogens with one attached hydrogen (secondary N) is 1. The maximum absolute atomic E-state index is 14.5. The van der Waals surface area contributed by atoms with Gasteiger partial charge in [-0.25, -0.2) is 0 Å². The molecule has 2 fully saturated rings. The van der Waals surface area contributed by atoms with Crippen molar-refractivity contribution < 1.29 is 9.53 Å². The van der Waals surface area contributed by atoms with Gasteiger partial charge in [0.25, 0.3) is 11.5 Å². The van der Waals surface area contributed by atoms with Crippen molar-refractivity contribution >= 4 is 27.7 Å². The molecule has 1 aromatic carbocycles. The Labute approximate surface area is 222 Å². The number of rotatable bonds is 3. The van der Waals surface area contributed by atoms with Gasteiger partial charge in [-0.15, -0.1) is 0 Å². The molecule has 2 aliphatic rings. The van der Waals surface area contributed by atoms with Gasteiger partial charge in [-0.3, -0.25) is 19.3 Å². The van der Waals surface area contributed by atoms with Crippen LogP contribution < -0.4 is 5.56 Å². The Morgan fingerprint density at radius 3 is 2.66 bits per heavy atom. The summed E-state index contributed by atoms with van der Waals surface area (Å²) >= 11 is 0. The van der Waals surface area contributed by atoms with Gasteiger partial charge in [0.15, 0.2) is 0 Å². The summed E-state index contributed by atoms with van der Waals surface area (Å²) in [5, 5.41) is 6.05. The van der Waals surface area contributed by atoms with E-state index in [1.165, 1.54) is 0 Å². The van der Waals surface area contributed by atoms with Crippen LogP contribution in [0.1, 0.15) is 79.5 Å². The molecular weight excluding hydrogens is 478 g/mol. The second-order valence-electron chi connectivity index (χ2n) is 11.0. The molecular formula is C30H35N5O3. The van der Waals surface area contributed by atoms with E-state index in [0.29, 0.717) is 30.1 Å². The molecule has 38 heavy (non-hydrogen) atoms. The highest BCUT2D eigenvalue weighted by Crippen LogP contribution is 2.38. The normalized spacial score (nSPS) is 23.1. The fourth-order valence-electron chi connectivity index (χ4n) is 6.37. The van der Waals surface area contributed by atoms with Gasteiger partial charge in [-0.05, 0) is 74.8 Å². The summed E-state index contributed by atoms with van der Waals surface area (Å²) in [6, 6.07) is 8.15. The van der Waals surface area contributed by atoms with Crippen LogP contribution in [0.3, 0.4) is 0 Å². The highest BCUT2D eigenvalue weighted by atomic mass is 16.5. The summed E-state index contributed by atoms with van der Waals surface area (Å²) in [7, 11) is 0. The molecule has 0 bridgehead atoms. The molecule has 0 saturated carbocycles. The molecule has 2 saturated heterocycles. The van der Waals surface area contributed by atoms with Crippen LogP contribution in [0.2, 0.25) is 0 Å². The minimum atomic E-state index is -0.157. The number of hydrogen-bond acceptors (Lipinski definition) is 5. The molecule has 0 aliphatic carbocycles. The molecule has 0 spiro atoms. The predicted octanol–water partition coefficient (Wildman–Crippen LogP) is 5.32. The lowest BCUT2D eigenvalue weighted by Gasteiger charge is -2.37. The second-order valence-corrected chi connectivity index (χ2v) is 11.0. The van der Waals surface area contributed by atoms with Crippen molar-refractivity contribution in [1.82, 2.24) is 24.6 Å². The molecule has 8 nitrogen and oxygen atoms in total. The second kappa shape index (κ2) is 9.98. The first-order valence-electron chi connectivity index (χ1n) is 13.8. The fraction of sp³-hybridized carbons (Fsp3) is 0.467. The molecule has 5 heterocycles. The van der Waals surface area contributed by atoms with Crippen molar-refractivity contribution in [2.45, 2.75) is 71.0 Å². The van der Waals surface area contributed by atoms with E-state index < -0.39 is 0 Å². The standard InChI is InChI=1S/C30H35N5O3/c1-18-6-4-8-27(21-7-5-11-31-16-21)34(20(18)3)30(37)23-15-24-26(14-19(23)2)33-29(36)25-17-32-35(28(24)25)22-9-12-38-13-10-22/h5,7,11,14-18,20,22,27H,4,6,8-10,12-13H2,1-3H3,(H,33,36). The fourth-order valence-corrected chi connectivity index (χ4v) is 6.37. The number of aryl methyl sites for hydroxylation is 1. The van der Waals surface area contributed by atoms with E-state index >= 15 is 0 Å². The Bertz CT molecular complexity index is 1540. The third kappa shape index (κ3) is 4.21. The number of benzene rings is 1. The van der Waals surface area contributed by atoms with Crippen LogP contribution in [0.4, 0.5) is 0 Å². The first-order valence-corrected chi connectivity index (χ1v) is 13.8. The molecule has 8 heteroatoms. The zero-order chi connectivity index (χ0) is 26.4. The smallest absolute Gasteiger partial charge is 0.259 e. The zero-order valence-corrected chi connectivity index (χ0v) is 22.3. The SMILES string of the molecule is Cc1cc2[nH]c(=O)c3cnn(C4CCOCC4)c3c2cc1C(=O)N1C(c2cccnc2)CCCC(C)C1C. The van der Waals surface area contributed by atoms with Crippen LogP contribution >= 0.6 is 0 Å².